The summed E-state index contributed by atoms with van der Waals surface area (Å²) in [5.41, 5.74) is 1.74. The highest BCUT2D eigenvalue weighted by Crippen LogP contribution is 2.41. The molecule has 4 rings (SSSR count). The van der Waals surface area contributed by atoms with Crippen LogP contribution in [0.5, 0.6) is 0 Å². The van der Waals surface area contributed by atoms with Gasteiger partial charge in [0.1, 0.15) is 14.9 Å². The maximum atomic E-state index is 13.0. The number of hydrogen-bond acceptors (Lipinski definition) is 8. The third-order valence-electron chi connectivity index (χ3n) is 4.58. The van der Waals surface area contributed by atoms with Gasteiger partial charge in [-0.05, 0) is 48.9 Å². The van der Waals surface area contributed by atoms with Gasteiger partial charge in [-0.1, -0.05) is 58.3 Å². The fourth-order valence-corrected chi connectivity index (χ4v) is 7.11. The summed E-state index contributed by atoms with van der Waals surface area (Å²) in [6, 6.07) is 12.8. The summed E-state index contributed by atoms with van der Waals surface area (Å²) < 4.78 is 31.3. The standard InChI is InChI=1S/C22H15Cl3N2O4S3/c1-2-31-21(28)17-16(12-3-5-13(23)6-4-12)11-32-19(17)26-22-27-20(18(25)33-22)34(29,30)15-9-7-14(24)8-10-15/h3-11H,2H2,1H3,(H,26,27). The van der Waals surface area contributed by atoms with Crippen molar-refractivity contribution < 1.29 is 17.9 Å². The van der Waals surface area contributed by atoms with Crippen LogP contribution in [0.4, 0.5) is 10.1 Å². The van der Waals surface area contributed by atoms with Crippen LogP contribution in [-0.4, -0.2) is 26.0 Å². The van der Waals surface area contributed by atoms with Gasteiger partial charge in [0, 0.05) is 21.0 Å². The van der Waals surface area contributed by atoms with Gasteiger partial charge in [-0.25, -0.2) is 18.2 Å². The number of rotatable bonds is 7. The Kier molecular flexibility index (Phi) is 7.51. The average molecular weight is 574 g/mol. The minimum Gasteiger partial charge on any atom is -0.462 e. The zero-order valence-electron chi connectivity index (χ0n) is 17.3. The van der Waals surface area contributed by atoms with Crippen molar-refractivity contribution in [1.29, 1.82) is 0 Å². The molecule has 2 aromatic carbocycles. The number of nitrogens with zero attached hydrogens (tertiary/aromatic N) is 1. The number of ether oxygens (including phenoxy) is 1. The molecule has 0 unspecified atom stereocenters. The zero-order valence-corrected chi connectivity index (χ0v) is 22.1. The minimum absolute atomic E-state index is 0.00962. The maximum Gasteiger partial charge on any atom is 0.341 e. The number of carbonyl (C=O) groups is 1. The third kappa shape index (κ3) is 5.10. The van der Waals surface area contributed by atoms with Crippen molar-refractivity contribution in [3.05, 3.63) is 73.9 Å². The van der Waals surface area contributed by atoms with Gasteiger partial charge in [0.25, 0.3) is 0 Å². The van der Waals surface area contributed by atoms with Gasteiger partial charge in [0.15, 0.2) is 10.2 Å². The molecule has 2 heterocycles. The smallest absolute Gasteiger partial charge is 0.341 e. The largest absolute Gasteiger partial charge is 0.462 e. The number of thiazole rings is 1. The lowest BCUT2D eigenvalue weighted by atomic mass is 10.0. The van der Waals surface area contributed by atoms with Crippen LogP contribution in [0.3, 0.4) is 0 Å². The van der Waals surface area contributed by atoms with E-state index in [-0.39, 0.29) is 26.0 Å². The number of thiophene rings is 1. The summed E-state index contributed by atoms with van der Waals surface area (Å²) >= 11 is 20.3. The second kappa shape index (κ2) is 10.2. The molecule has 4 aromatic rings. The Labute approximate surface area is 219 Å². The number of halogens is 3. The lowest BCUT2D eigenvalue weighted by Crippen LogP contribution is -2.07. The molecule has 1 N–H and O–H groups in total. The molecule has 0 aliphatic rings. The van der Waals surface area contributed by atoms with Crippen LogP contribution >= 0.6 is 57.5 Å². The van der Waals surface area contributed by atoms with Gasteiger partial charge in [-0.3, -0.25) is 0 Å². The van der Waals surface area contributed by atoms with Gasteiger partial charge in [-0.2, -0.15) is 0 Å². The first kappa shape index (κ1) is 25.0. The van der Waals surface area contributed by atoms with E-state index >= 15 is 0 Å². The second-order valence-electron chi connectivity index (χ2n) is 6.76. The first-order chi connectivity index (χ1) is 16.2. The molecule has 0 radical (unpaired) electrons. The molecular formula is C22H15Cl3N2O4S3. The number of benzene rings is 2. The van der Waals surface area contributed by atoms with Crippen molar-refractivity contribution >= 4 is 83.4 Å². The van der Waals surface area contributed by atoms with Crippen LogP contribution in [-0.2, 0) is 14.6 Å². The van der Waals surface area contributed by atoms with E-state index in [0.717, 1.165) is 16.9 Å². The molecule has 0 aliphatic carbocycles. The van der Waals surface area contributed by atoms with Crippen LogP contribution < -0.4 is 5.32 Å². The number of sulfone groups is 1. The second-order valence-corrected chi connectivity index (χ2v) is 12.0. The summed E-state index contributed by atoms with van der Waals surface area (Å²) in [7, 11) is -3.97. The van der Waals surface area contributed by atoms with Gasteiger partial charge < -0.3 is 10.1 Å². The van der Waals surface area contributed by atoms with E-state index in [1.54, 1.807) is 36.6 Å². The van der Waals surface area contributed by atoms with Crippen molar-refractivity contribution in [1.82, 2.24) is 4.98 Å². The van der Waals surface area contributed by atoms with Crippen molar-refractivity contribution in [2.75, 3.05) is 11.9 Å². The summed E-state index contributed by atoms with van der Waals surface area (Å²) in [5, 5.41) is 6.20. The fraction of sp³-hybridized carbons (Fsp3) is 0.0909. The molecule has 0 atom stereocenters. The topological polar surface area (TPSA) is 85.4 Å². The van der Waals surface area contributed by atoms with Crippen LogP contribution in [0.15, 0.2) is 63.8 Å². The Balaban J connectivity index is 1.71. The van der Waals surface area contributed by atoms with E-state index in [1.165, 1.54) is 35.6 Å². The number of carbonyl (C=O) groups excluding carboxylic acids is 1. The Morgan fingerprint density at radius 3 is 2.26 bits per heavy atom. The van der Waals surface area contributed by atoms with Crippen LogP contribution in [0, 0.1) is 0 Å². The third-order valence-corrected chi connectivity index (χ3v) is 9.09. The van der Waals surface area contributed by atoms with Gasteiger partial charge in [0.2, 0.25) is 9.84 Å². The molecule has 6 nitrogen and oxygen atoms in total. The predicted octanol–water partition coefficient (Wildman–Crippen LogP) is 7.58. The molecule has 0 aliphatic heterocycles. The number of anilines is 2. The van der Waals surface area contributed by atoms with Crippen molar-refractivity contribution in [3.8, 4) is 11.1 Å². The molecule has 2 aromatic heterocycles. The zero-order chi connectivity index (χ0) is 24.5. The lowest BCUT2D eigenvalue weighted by molar-refractivity contribution is 0.0529. The Hall–Kier alpha value is -2.14. The summed E-state index contributed by atoms with van der Waals surface area (Å²) in [5.74, 6) is -0.520. The predicted molar refractivity (Wildman–Crippen MR) is 138 cm³/mol. The maximum absolute atomic E-state index is 13.0. The highest BCUT2D eigenvalue weighted by atomic mass is 35.5. The van der Waals surface area contributed by atoms with E-state index in [0.29, 0.717) is 26.2 Å². The van der Waals surface area contributed by atoms with E-state index in [4.69, 9.17) is 39.5 Å². The highest BCUT2D eigenvalue weighted by Gasteiger charge is 2.27. The molecule has 34 heavy (non-hydrogen) atoms. The molecular weight excluding hydrogens is 559 g/mol. The molecule has 0 saturated carbocycles. The first-order valence-electron chi connectivity index (χ1n) is 9.69. The molecule has 12 heteroatoms. The Bertz CT molecular complexity index is 1450. The Morgan fingerprint density at radius 1 is 1.03 bits per heavy atom. The molecule has 0 amide bonds. The number of aromatic nitrogens is 1. The number of nitrogens with one attached hydrogen (secondary N) is 1. The average Bonchev–Trinajstić information content (AvgIpc) is 3.38. The summed E-state index contributed by atoms with van der Waals surface area (Å²) in [6.07, 6.45) is 0. The number of hydrogen-bond donors (Lipinski definition) is 1. The quantitative estimate of drug-likeness (QED) is 0.229. The molecule has 0 bridgehead atoms. The minimum atomic E-state index is -3.97. The molecule has 176 valence electrons. The van der Waals surface area contributed by atoms with Crippen molar-refractivity contribution in [2.24, 2.45) is 0 Å². The van der Waals surface area contributed by atoms with E-state index in [1.807, 2.05) is 0 Å². The van der Waals surface area contributed by atoms with Crippen molar-refractivity contribution in [3.63, 3.8) is 0 Å². The lowest BCUT2D eigenvalue weighted by Gasteiger charge is -2.08. The van der Waals surface area contributed by atoms with E-state index < -0.39 is 15.8 Å². The van der Waals surface area contributed by atoms with Gasteiger partial charge in [0.05, 0.1) is 11.5 Å². The normalized spacial score (nSPS) is 11.4. The van der Waals surface area contributed by atoms with E-state index in [9.17, 15) is 13.2 Å². The van der Waals surface area contributed by atoms with Crippen LogP contribution in [0.1, 0.15) is 17.3 Å². The van der Waals surface area contributed by atoms with Crippen LogP contribution in [0.25, 0.3) is 11.1 Å². The SMILES string of the molecule is CCOC(=O)c1c(-c2ccc(Cl)cc2)csc1Nc1nc(S(=O)(=O)c2ccc(Cl)cc2)c(Cl)s1. The van der Waals surface area contributed by atoms with Gasteiger partial charge >= 0.3 is 5.97 Å². The molecule has 0 spiro atoms. The summed E-state index contributed by atoms with van der Waals surface area (Å²) in [4.78, 5) is 17.0. The molecule has 0 saturated heterocycles. The summed E-state index contributed by atoms with van der Waals surface area (Å²) in [6.45, 7) is 1.91. The van der Waals surface area contributed by atoms with Gasteiger partial charge in [-0.15, -0.1) is 11.3 Å². The monoisotopic (exact) mass is 572 g/mol. The molecule has 0 fully saturated rings. The fourth-order valence-electron chi connectivity index (χ4n) is 3.03. The highest BCUT2D eigenvalue weighted by molar-refractivity contribution is 7.91. The van der Waals surface area contributed by atoms with E-state index in [2.05, 4.69) is 10.3 Å². The van der Waals surface area contributed by atoms with Crippen LogP contribution in [0.2, 0.25) is 14.4 Å². The number of esters is 1. The van der Waals surface area contributed by atoms with Crippen molar-refractivity contribution in [2.45, 2.75) is 16.8 Å². The Morgan fingerprint density at radius 2 is 1.65 bits per heavy atom. The first-order valence-corrected chi connectivity index (χ1v) is 14.0.